The Morgan fingerprint density at radius 2 is 0.836 bits per heavy atom. The third-order valence-corrected chi connectivity index (χ3v) is 13.6. The molecule has 0 saturated carbocycles. The van der Waals surface area contributed by atoms with Gasteiger partial charge in [-0.05, 0) is 158 Å². The summed E-state index contributed by atoms with van der Waals surface area (Å²) in [5.41, 5.74) is 18.4. The molecule has 0 fully saturated rings. The highest BCUT2D eigenvalue weighted by atomic mass is 16.3. The average Bonchev–Trinajstić information content (AvgIpc) is 3.56. The zero-order valence-corrected chi connectivity index (χ0v) is 41.0. The number of rotatable bonds is 6. The van der Waals surface area contributed by atoms with Crippen molar-refractivity contribution in [3.63, 3.8) is 0 Å². The molecule has 7 rings (SSSR count). The van der Waals surface area contributed by atoms with Crippen LogP contribution < -0.4 is 9.80 Å². The Balaban J connectivity index is 1.54. The Morgan fingerprint density at radius 3 is 1.28 bits per heavy atom. The van der Waals surface area contributed by atoms with Gasteiger partial charge >= 0.3 is 0 Å². The maximum atomic E-state index is 6.65. The van der Waals surface area contributed by atoms with Gasteiger partial charge in [0.25, 0.3) is 0 Å². The molecule has 0 atom stereocenters. The van der Waals surface area contributed by atoms with Crippen molar-refractivity contribution in [2.75, 3.05) is 9.80 Å². The van der Waals surface area contributed by atoms with Crippen molar-refractivity contribution in [2.24, 2.45) is 0 Å². The number of nitrogens with zero attached hydrogens (tertiary/aromatic N) is 2. The summed E-state index contributed by atoms with van der Waals surface area (Å²) < 4.78 is 6.65. The Morgan fingerprint density at radius 1 is 0.443 bits per heavy atom. The van der Waals surface area contributed by atoms with Crippen LogP contribution in [-0.2, 0) is 32.5 Å². The number of fused-ring (bicyclic) bond motifs is 2. The fraction of sp³-hybridized carbons (Fsp3) is 0.448. The fourth-order valence-corrected chi connectivity index (χ4v) is 9.33. The minimum Gasteiger partial charge on any atom is -0.462 e. The van der Waals surface area contributed by atoms with Crippen molar-refractivity contribution in [3.05, 3.63) is 142 Å². The third-order valence-electron chi connectivity index (χ3n) is 13.6. The summed E-state index contributed by atoms with van der Waals surface area (Å²) in [6, 6.07) is 35.3. The van der Waals surface area contributed by atoms with Gasteiger partial charge in [0.15, 0.2) is 0 Å². The molecule has 0 saturated heterocycles. The molecule has 1 aliphatic carbocycles. The van der Waals surface area contributed by atoms with Crippen LogP contribution in [0.15, 0.2) is 102 Å². The quantitative estimate of drug-likeness (QED) is 0.167. The van der Waals surface area contributed by atoms with Crippen molar-refractivity contribution in [1.29, 1.82) is 0 Å². The smallest absolute Gasteiger partial charge is 0.136 e. The first kappa shape index (κ1) is 44.3. The first-order chi connectivity index (χ1) is 28.1. The Bertz CT molecular complexity index is 2550. The molecule has 0 bridgehead atoms. The first-order valence-corrected chi connectivity index (χ1v) is 22.7. The molecule has 0 radical (unpaired) electrons. The summed E-state index contributed by atoms with van der Waals surface area (Å²) in [5.74, 6) is 0. The van der Waals surface area contributed by atoms with Gasteiger partial charge in [0, 0.05) is 28.1 Å². The zero-order valence-electron chi connectivity index (χ0n) is 41.0. The van der Waals surface area contributed by atoms with E-state index >= 15 is 0 Å². The monoisotopic (exact) mass is 815 g/mol. The molecule has 322 valence electrons. The first-order valence-electron chi connectivity index (χ1n) is 22.7. The summed E-state index contributed by atoms with van der Waals surface area (Å²) in [4.78, 5) is 4.96. The summed E-state index contributed by atoms with van der Waals surface area (Å²) in [6.07, 6.45) is 4.32. The normalized spacial score (nSPS) is 15.5. The van der Waals surface area contributed by atoms with Gasteiger partial charge in [-0.3, -0.25) is 0 Å². The lowest BCUT2D eigenvalue weighted by atomic mass is 9.63. The van der Waals surface area contributed by atoms with Crippen LogP contribution in [0.3, 0.4) is 0 Å². The lowest BCUT2D eigenvalue weighted by Gasteiger charge is -2.41. The maximum Gasteiger partial charge on any atom is 0.136 e. The van der Waals surface area contributed by atoms with Gasteiger partial charge in [0.2, 0.25) is 0 Å². The number of anilines is 6. The Kier molecular flexibility index (Phi) is 10.9. The number of aryl methyl sites for hydroxylation is 2. The van der Waals surface area contributed by atoms with E-state index in [0.29, 0.717) is 0 Å². The highest BCUT2D eigenvalue weighted by Crippen LogP contribution is 2.51. The van der Waals surface area contributed by atoms with Gasteiger partial charge in [0.1, 0.15) is 11.8 Å². The zero-order chi connectivity index (χ0) is 44.8. The standard InChI is InChI=1S/C58H74N2O/c1-37-29-41(55(9,10)11)30-38(2)52(37)60(44-25-21-40(22-26-44)54(6,7)8)46-32-42(56(12,13)14)31-45(33-46)59(43-23-19-39(20-24-43)53(3,4)5)50-36-61-51-35-49-48(34-47(50)51)57(15,16)27-28-58(49,17)18/h19-26,29-36H,27-28H2,1-18H3. The second kappa shape index (κ2) is 15.0. The largest absolute Gasteiger partial charge is 0.462 e. The topological polar surface area (TPSA) is 19.6 Å². The second-order valence-electron chi connectivity index (χ2n) is 23.7. The number of benzene rings is 5. The van der Waals surface area contributed by atoms with E-state index < -0.39 is 0 Å². The summed E-state index contributed by atoms with van der Waals surface area (Å²) in [6.45, 7) is 41.8. The minimum atomic E-state index is -0.137. The van der Waals surface area contributed by atoms with Gasteiger partial charge in [-0.1, -0.05) is 147 Å². The maximum absolute atomic E-state index is 6.65. The number of hydrogen-bond donors (Lipinski definition) is 0. The Hall–Kier alpha value is -4.76. The van der Waals surface area contributed by atoms with Crippen molar-refractivity contribution in [2.45, 2.75) is 170 Å². The lowest BCUT2D eigenvalue weighted by molar-refractivity contribution is 0.332. The van der Waals surface area contributed by atoms with Crippen molar-refractivity contribution >= 4 is 45.1 Å². The van der Waals surface area contributed by atoms with E-state index in [1.54, 1.807) is 0 Å². The van der Waals surface area contributed by atoms with E-state index in [1.165, 1.54) is 50.2 Å². The van der Waals surface area contributed by atoms with E-state index in [9.17, 15) is 0 Å². The predicted molar refractivity (Wildman–Crippen MR) is 265 cm³/mol. The second-order valence-corrected chi connectivity index (χ2v) is 23.7. The molecule has 1 aromatic heterocycles. The average molecular weight is 815 g/mol. The highest BCUT2D eigenvalue weighted by molar-refractivity contribution is 5.98. The fourth-order valence-electron chi connectivity index (χ4n) is 9.33. The molecular formula is C58H74N2O. The summed E-state index contributed by atoms with van der Waals surface area (Å²) in [5, 5.41) is 1.14. The van der Waals surface area contributed by atoms with Crippen LogP contribution in [0.4, 0.5) is 34.1 Å². The van der Waals surface area contributed by atoms with E-state index in [4.69, 9.17) is 4.42 Å². The molecular weight excluding hydrogens is 741 g/mol. The molecule has 0 unspecified atom stereocenters. The number of hydrogen-bond acceptors (Lipinski definition) is 3. The minimum absolute atomic E-state index is 0.0315. The van der Waals surface area contributed by atoms with Gasteiger partial charge in [-0.25, -0.2) is 0 Å². The van der Waals surface area contributed by atoms with Crippen LogP contribution in [0.5, 0.6) is 0 Å². The van der Waals surface area contributed by atoms with Gasteiger partial charge in [-0.15, -0.1) is 0 Å². The Labute approximate surface area is 369 Å². The molecule has 5 aromatic carbocycles. The molecule has 1 heterocycles. The predicted octanol–water partition coefficient (Wildman–Crippen LogP) is 17.5. The summed E-state index contributed by atoms with van der Waals surface area (Å²) in [7, 11) is 0. The number of furan rings is 1. The van der Waals surface area contributed by atoms with E-state index in [2.05, 4.69) is 225 Å². The highest BCUT2D eigenvalue weighted by Gasteiger charge is 2.38. The van der Waals surface area contributed by atoms with Gasteiger partial charge in [0.05, 0.1) is 11.4 Å². The van der Waals surface area contributed by atoms with Crippen molar-refractivity contribution < 1.29 is 4.42 Å². The molecule has 0 aliphatic heterocycles. The van der Waals surface area contributed by atoms with Gasteiger partial charge < -0.3 is 14.2 Å². The van der Waals surface area contributed by atoms with Crippen LogP contribution in [0.1, 0.15) is 168 Å². The van der Waals surface area contributed by atoms with Crippen LogP contribution in [0.2, 0.25) is 0 Å². The molecule has 1 aliphatic rings. The molecule has 0 N–H and O–H groups in total. The van der Waals surface area contributed by atoms with Crippen LogP contribution in [0, 0.1) is 13.8 Å². The molecule has 0 spiro atoms. The molecule has 6 aromatic rings. The van der Waals surface area contributed by atoms with Crippen LogP contribution in [0.25, 0.3) is 11.0 Å². The van der Waals surface area contributed by atoms with Crippen molar-refractivity contribution in [1.82, 2.24) is 0 Å². The third kappa shape index (κ3) is 8.56. The lowest BCUT2D eigenvalue weighted by Crippen LogP contribution is -2.33. The molecule has 0 amide bonds. The van der Waals surface area contributed by atoms with E-state index in [0.717, 1.165) is 52.2 Å². The van der Waals surface area contributed by atoms with Crippen LogP contribution >= 0.6 is 0 Å². The molecule has 3 heteroatoms. The molecule has 61 heavy (non-hydrogen) atoms. The van der Waals surface area contributed by atoms with E-state index in [1.807, 2.05) is 6.26 Å². The summed E-state index contributed by atoms with van der Waals surface area (Å²) >= 11 is 0. The van der Waals surface area contributed by atoms with Gasteiger partial charge in [-0.2, -0.15) is 0 Å². The van der Waals surface area contributed by atoms with Crippen LogP contribution in [-0.4, -0.2) is 0 Å². The van der Waals surface area contributed by atoms with E-state index in [-0.39, 0.29) is 32.5 Å². The van der Waals surface area contributed by atoms with Crippen molar-refractivity contribution in [3.8, 4) is 0 Å². The molecule has 3 nitrogen and oxygen atoms in total. The SMILES string of the molecule is Cc1cc(C(C)(C)C)cc(C)c1N(c1ccc(C(C)(C)C)cc1)c1cc(N(c2ccc(C(C)(C)C)cc2)c2coc3cc4c(cc23)C(C)(C)CCC4(C)C)cc(C(C)(C)C)c1.